The zero-order valence-electron chi connectivity index (χ0n) is 10.7. The summed E-state index contributed by atoms with van der Waals surface area (Å²) >= 11 is 0. The lowest BCUT2D eigenvalue weighted by molar-refractivity contribution is -0.870. The smallest absolute Gasteiger partial charge is 0.0797 e. The molecule has 0 saturated carbocycles. The summed E-state index contributed by atoms with van der Waals surface area (Å²) < 4.78 is 1.02. The second-order valence-electron chi connectivity index (χ2n) is 4.92. The zero-order valence-corrected chi connectivity index (χ0v) is 12.3. The molecule has 5 heteroatoms. The Morgan fingerprint density at radius 1 is 1.12 bits per heavy atom. The Balaban J connectivity index is 0. The quantitative estimate of drug-likeness (QED) is 0.421. The fourth-order valence-corrected chi connectivity index (χ4v) is 1.39. The molecule has 0 aliphatic heterocycles. The van der Waals surface area contributed by atoms with Crippen LogP contribution in [0.25, 0.3) is 0 Å². The Kier molecular flexibility index (Phi) is 9.30. The fraction of sp³-hybridized carbons (Fsp3) is 0.500. The molecule has 0 heterocycles. The van der Waals surface area contributed by atoms with E-state index in [4.69, 9.17) is 5.73 Å². The fourth-order valence-electron chi connectivity index (χ4n) is 1.39. The first kappa shape index (κ1) is 18.7. The highest BCUT2D eigenvalue weighted by atomic mass is 35.5. The van der Waals surface area contributed by atoms with Gasteiger partial charge in [0.2, 0.25) is 0 Å². The SMILES string of the molecule is C[N+](C)(C)CCCNc1ccc(N)cc1.Cl.[Cl-]. The molecule has 0 aliphatic rings. The molecular formula is C12H23Cl2N3. The summed E-state index contributed by atoms with van der Waals surface area (Å²) in [7, 11) is 6.63. The maximum absolute atomic E-state index is 5.61. The second kappa shape index (κ2) is 8.45. The summed E-state index contributed by atoms with van der Waals surface area (Å²) in [5.41, 5.74) is 7.56. The number of halogens is 2. The summed E-state index contributed by atoms with van der Waals surface area (Å²) in [6.07, 6.45) is 1.17. The average molecular weight is 280 g/mol. The van der Waals surface area contributed by atoms with E-state index in [2.05, 4.69) is 26.5 Å². The molecule has 1 aromatic rings. The maximum atomic E-state index is 5.61. The molecular weight excluding hydrogens is 257 g/mol. The average Bonchev–Trinajstić information content (AvgIpc) is 2.14. The van der Waals surface area contributed by atoms with Crippen molar-refractivity contribution in [1.29, 1.82) is 0 Å². The molecule has 3 N–H and O–H groups in total. The lowest BCUT2D eigenvalue weighted by atomic mass is 10.3. The van der Waals surface area contributed by atoms with Crippen molar-refractivity contribution in [2.75, 3.05) is 45.3 Å². The van der Waals surface area contributed by atoms with Crippen molar-refractivity contribution in [3.05, 3.63) is 24.3 Å². The Bertz CT molecular complexity index is 294. The Morgan fingerprint density at radius 2 is 1.65 bits per heavy atom. The minimum absolute atomic E-state index is 0. The molecule has 0 amide bonds. The minimum atomic E-state index is 0. The Morgan fingerprint density at radius 3 is 2.12 bits per heavy atom. The molecule has 0 saturated heterocycles. The van der Waals surface area contributed by atoms with Crippen LogP contribution in [0.15, 0.2) is 24.3 Å². The van der Waals surface area contributed by atoms with Gasteiger partial charge in [0.1, 0.15) is 0 Å². The number of hydrogen-bond donors (Lipinski definition) is 2. The van der Waals surface area contributed by atoms with E-state index in [1.165, 1.54) is 13.0 Å². The van der Waals surface area contributed by atoms with Crippen LogP contribution >= 0.6 is 12.4 Å². The number of hydrogen-bond acceptors (Lipinski definition) is 2. The summed E-state index contributed by atoms with van der Waals surface area (Å²) in [5.74, 6) is 0. The molecule has 0 aromatic heterocycles. The molecule has 0 bridgehead atoms. The molecule has 3 nitrogen and oxygen atoms in total. The van der Waals surface area contributed by atoms with Crippen LogP contribution in [-0.4, -0.2) is 38.7 Å². The zero-order chi connectivity index (χ0) is 11.3. The summed E-state index contributed by atoms with van der Waals surface area (Å²) in [4.78, 5) is 0. The van der Waals surface area contributed by atoms with Crippen LogP contribution in [0.1, 0.15) is 6.42 Å². The van der Waals surface area contributed by atoms with Gasteiger partial charge in [0, 0.05) is 24.3 Å². The van der Waals surface area contributed by atoms with Crippen molar-refractivity contribution < 1.29 is 16.9 Å². The van der Waals surface area contributed by atoms with Crippen molar-refractivity contribution in [1.82, 2.24) is 0 Å². The molecule has 0 atom stereocenters. The maximum Gasteiger partial charge on any atom is 0.0797 e. The largest absolute Gasteiger partial charge is 1.00 e. The van der Waals surface area contributed by atoms with Crippen LogP contribution in [0.4, 0.5) is 11.4 Å². The van der Waals surface area contributed by atoms with E-state index in [1.54, 1.807) is 0 Å². The van der Waals surface area contributed by atoms with Crippen molar-refractivity contribution >= 4 is 23.8 Å². The lowest BCUT2D eigenvalue weighted by Gasteiger charge is -2.23. The number of nitrogen functional groups attached to an aromatic ring is 1. The number of nitrogens with two attached hydrogens (primary N) is 1. The van der Waals surface area contributed by atoms with E-state index in [-0.39, 0.29) is 24.8 Å². The van der Waals surface area contributed by atoms with Gasteiger partial charge in [-0.1, -0.05) is 0 Å². The summed E-state index contributed by atoms with van der Waals surface area (Å²) in [5, 5.41) is 3.38. The van der Waals surface area contributed by atoms with E-state index < -0.39 is 0 Å². The minimum Gasteiger partial charge on any atom is -1.00 e. The van der Waals surface area contributed by atoms with Crippen LogP contribution in [0.3, 0.4) is 0 Å². The van der Waals surface area contributed by atoms with Crippen molar-refractivity contribution in [2.45, 2.75) is 6.42 Å². The van der Waals surface area contributed by atoms with Gasteiger partial charge in [-0.15, -0.1) is 12.4 Å². The number of rotatable bonds is 5. The summed E-state index contributed by atoms with van der Waals surface area (Å²) in [6, 6.07) is 7.87. The van der Waals surface area contributed by atoms with E-state index in [0.29, 0.717) is 0 Å². The molecule has 0 aliphatic carbocycles. The van der Waals surface area contributed by atoms with Gasteiger partial charge in [0.15, 0.2) is 0 Å². The predicted molar refractivity (Wildman–Crippen MR) is 74.1 cm³/mol. The van der Waals surface area contributed by atoms with E-state index >= 15 is 0 Å². The van der Waals surface area contributed by atoms with Gasteiger partial charge < -0.3 is 27.9 Å². The standard InChI is InChI=1S/C12H22N3.2ClH/c1-15(2,3)10-4-9-14-12-7-5-11(13)6-8-12;;/h5-8,14H,4,9-10,13H2,1-3H3;2*1H/q+1;;/p-1. The molecule has 0 radical (unpaired) electrons. The molecule has 100 valence electrons. The molecule has 0 unspecified atom stereocenters. The van der Waals surface area contributed by atoms with Gasteiger partial charge >= 0.3 is 0 Å². The van der Waals surface area contributed by atoms with E-state index in [0.717, 1.165) is 22.4 Å². The first-order valence-corrected chi connectivity index (χ1v) is 5.37. The topological polar surface area (TPSA) is 38.0 Å². The summed E-state index contributed by atoms with van der Waals surface area (Å²) in [6.45, 7) is 2.20. The molecule has 1 aromatic carbocycles. The van der Waals surface area contributed by atoms with E-state index in [9.17, 15) is 0 Å². The Hall–Kier alpha value is -0.640. The second-order valence-corrected chi connectivity index (χ2v) is 4.92. The third kappa shape index (κ3) is 9.10. The first-order chi connectivity index (χ1) is 6.97. The third-order valence-electron chi connectivity index (χ3n) is 2.25. The van der Waals surface area contributed by atoms with Gasteiger partial charge in [-0.2, -0.15) is 0 Å². The molecule has 17 heavy (non-hydrogen) atoms. The normalized spacial score (nSPS) is 10.1. The highest BCUT2D eigenvalue weighted by molar-refractivity contribution is 5.85. The first-order valence-electron chi connectivity index (χ1n) is 5.37. The number of nitrogens with one attached hydrogen (secondary N) is 1. The lowest BCUT2D eigenvalue weighted by Crippen LogP contribution is -3.00. The van der Waals surface area contributed by atoms with Crippen molar-refractivity contribution in [2.24, 2.45) is 0 Å². The van der Waals surface area contributed by atoms with Gasteiger partial charge in [-0.25, -0.2) is 0 Å². The van der Waals surface area contributed by atoms with Crippen LogP contribution in [0.2, 0.25) is 0 Å². The van der Waals surface area contributed by atoms with Crippen molar-refractivity contribution in [3.8, 4) is 0 Å². The predicted octanol–water partition coefficient (Wildman–Crippen LogP) is -0.797. The van der Waals surface area contributed by atoms with Gasteiger partial charge in [-0.05, 0) is 24.3 Å². The van der Waals surface area contributed by atoms with Gasteiger partial charge in [-0.3, -0.25) is 0 Å². The molecule has 0 spiro atoms. The Labute approximate surface area is 117 Å². The van der Waals surface area contributed by atoms with Crippen LogP contribution < -0.4 is 23.5 Å². The number of anilines is 2. The molecule has 0 fully saturated rings. The number of nitrogens with zero attached hydrogens (tertiary/aromatic N) is 1. The number of quaternary nitrogens is 1. The molecule has 1 rings (SSSR count). The van der Waals surface area contributed by atoms with Crippen LogP contribution in [0, 0.1) is 0 Å². The van der Waals surface area contributed by atoms with Gasteiger partial charge in [0.25, 0.3) is 0 Å². The monoisotopic (exact) mass is 279 g/mol. The third-order valence-corrected chi connectivity index (χ3v) is 2.25. The van der Waals surface area contributed by atoms with E-state index in [1.807, 2.05) is 24.3 Å². The van der Waals surface area contributed by atoms with Crippen LogP contribution in [0.5, 0.6) is 0 Å². The highest BCUT2D eigenvalue weighted by Gasteiger charge is 2.04. The van der Waals surface area contributed by atoms with Gasteiger partial charge in [0.05, 0.1) is 27.7 Å². The van der Waals surface area contributed by atoms with Crippen LogP contribution in [-0.2, 0) is 0 Å². The highest BCUT2D eigenvalue weighted by Crippen LogP contribution is 2.10. The number of benzene rings is 1. The van der Waals surface area contributed by atoms with Crippen molar-refractivity contribution in [3.63, 3.8) is 0 Å².